The summed E-state index contributed by atoms with van der Waals surface area (Å²) in [6.07, 6.45) is 3.52. The summed E-state index contributed by atoms with van der Waals surface area (Å²) in [6.45, 7) is 0.412. The third-order valence-electron chi connectivity index (χ3n) is 3.26. The van der Waals surface area contributed by atoms with Gasteiger partial charge in [0.05, 0.1) is 10.1 Å². The van der Waals surface area contributed by atoms with Gasteiger partial charge in [0, 0.05) is 41.1 Å². The number of rotatable bonds is 4. The summed E-state index contributed by atoms with van der Waals surface area (Å²) in [5.74, 6) is 0.130. The minimum Gasteiger partial charge on any atom is -0.304 e. The van der Waals surface area contributed by atoms with Crippen molar-refractivity contribution in [3.8, 4) is 0 Å². The van der Waals surface area contributed by atoms with Crippen LogP contribution in [0.3, 0.4) is 0 Å². The lowest BCUT2D eigenvalue weighted by atomic mass is 10.2. The number of aryl methyl sites for hydroxylation is 1. The van der Waals surface area contributed by atoms with Crippen LogP contribution in [-0.2, 0) is 13.6 Å². The minimum absolute atomic E-state index is 0.305. The molecule has 24 heavy (non-hydrogen) atoms. The van der Waals surface area contributed by atoms with E-state index < -0.39 is 0 Å². The van der Waals surface area contributed by atoms with E-state index in [1.165, 1.54) is 0 Å². The third kappa shape index (κ3) is 3.73. The molecule has 0 bridgehead atoms. The van der Waals surface area contributed by atoms with Crippen LogP contribution in [0.5, 0.6) is 0 Å². The molecular weight excluding hydrogens is 464 g/mol. The van der Waals surface area contributed by atoms with E-state index in [-0.39, 0.29) is 5.91 Å². The van der Waals surface area contributed by atoms with Gasteiger partial charge in [-0.25, -0.2) is 0 Å². The predicted molar refractivity (Wildman–Crippen MR) is 102 cm³/mol. The molecule has 9 heteroatoms. The normalized spacial score (nSPS) is 10.8. The first kappa shape index (κ1) is 17.2. The van der Waals surface area contributed by atoms with E-state index >= 15 is 0 Å². The van der Waals surface area contributed by atoms with Gasteiger partial charge in [-0.15, -0.1) is 0 Å². The van der Waals surface area contributed by atoms with E-state index in [4.69, 9.17) is 23.2 Å². The average Bonchev–Trinajstić information content (AvgIpc) is 3.09. The van der Waals surface area contributed by atoms with E-state index in [1.54, 1.807) is 53.1 Å². The molecule has 0 unspecified atom stereocenters. The Labute approximate surface area is 161 Å². The van der Waals surface area contributed by atoms with Crippen molar-refractivity contribution in [1.82, 2.24) is 19.6 Å². The van der Waals surface area contributed by atoms with Crippen molar-refractivity contribution in [2.75, 3.05) is 5.32 Å². The standard InChI is InChI=1S/C15H12Cl2IN5O/c1-22-8-12(18)14(21-22)15(24)19-13-5-6-23(20-13)7-9-10(16)3-2-4-11(9)17/h2-6,8H,7H2,1H3,(H,19,20,24). The number of nitrogens with one attached hydrogen (secondary N) is 1. The largest absolute Gasteiger partial charge is 0.304 e. The van der Waals surface area contributed by atoms with Crippen LogP contribution < -0.4 is 5.32 Å². The van der Waals surface area contributed by atoms with Crippen molar-refractivity contribution in [2.24, 2.45) is 7.05 Å². The van der Waals surface area contributed by atoms with Gasteiger partial charge < -0.3 is 5.32 Å². The lowest BCUT2D eigenvalue weighted by Crippen LogP contribution is -2.15. The Balaban J connectivity index is 1.74. The first-order valence-corrected chi connectivity index (χ1v) is 8.74. The zero-order valence-electron chi connectivity index (χ0n) is 12.5. The molecule has 1 amide bonds. The van der Waals surface area contributed by atoms with Crippen molar-refractivity contribution >= 4 is 57.5 Å². The summed E-state index contributed by atoms with van der Waals surface area (Å²) in [4.78, 5) is 12.2. The molecule has 0 radical (unpaired) electrons. The Morgan fingerprint density at radius 3 is 2.58 bits per heavy atom. The number of amides is 1. The van der Waals surface area contributed by atoms with Crippen molar-refractivity contribution in [3.05, 3.63) is 61.5 Å². The number of nitrogens with zero attached hydrogens (tertiary/aromatic N) is 4. The van der Waals surface area contributed by atoms with Gasteiger partial charge in [0.1, 0.15) is 0 Å². The fourth-order valence-electron chi connectivity index (χ4n) is 2.15. The fraction of sp³-hybridized carbons (Fsp3) is 0.133. The number of carbonyl (C=O) groups is 1. The van der Waals surface area contributed by atoms with Gasteiger partial charge >= 0.3 is 0 Å². The van der Waals surface area contributed by atoms with Gasteiger partial charge in [0.2, 0.25) is 0 Å². The Hall–Kier alpha value is -1.58. The van der Waals surface area contributed by atoms with Crippen LogP contribution in [0.25, 0.3) is 0 Å². The summed E-state index contributed by atoms with van der Waals surface area (Å²) in [6, 6.07) is 7.05. The molecule has 0 aliphatic heterocycles. The maximum atomic E-state index is 12.2. The monoisotopic (exact) mass is 475 g/mol. The summed E-state index contributed by atoms with van der Waals surface area (Å²) in [5.41, 5.74) is 1.14. The van der Waals surface area contributed by atoms with Gasteiger partial charge in [0.25, 0.3) is 5.91 Å². The van der Waals surface area contributed by atoms with Crippen LogP contribution in [0, 0.1) is 3.57 Å². The number of halogens is 3. The lowest BCUT2D eigenvalue weighted by Gasteiger charge is -2.07. The number of hydrogen-bond donors (Lipinski definition) is 1. The van der Waals surface area contributed by atoms with Gasteiger partial charge in [-0.2, -0.15) is 10.2 Å². The highest BCUT2D eigenvalue weighted by Gasteiger charge is 2.15. The lowest BCUT2D eigenvalue weighted by molar-refractivity contribution is 0.102. The molecule has 3 aromatic rings. The van der Waals surface area contributed by atoms with Crippen molar-refractivity contribution in [3.63, 3.8) is 0 Å². The molecule has 1 N–H and O–H groups in total. The third-order valence-corrected chi connectivity index (χ3v) is 4.76. The molecule has 0 spiro atoms. The summed E-state index contributed by atoms with van der Waals surface area (Å²) in [5, 5.41) is 12.3. The SMILES string of the molecule is Cn1cc(I)c(C(=O)Nc2ccn(Cc3c(Cl)cccc3Cl)n2)n1. The second kappa shape index (κ2) is 7.12. The highest BCUT2D eigenvalue weighted by molar-refractivity contribution is 14.1. The van der Waals surface area contributed by atoms with Gasteiger partial charge in [-0.1, -0.05) is 29.3 Å². The molecule has 1 aromatic carbocycles. The summed E-state index contributed by atoms with van der Waals surface area (Å²) < 4.78 is 4.02. The molecule has 2 aromatic heterocycles. The number of carbonyl (C=O) groups excluding carboxylic acids is 1. The van der Waals surface area contributed by atoms with Crippen LogP contribution in [0.15, 0.2) is 36.7 Å². The predicted octanol–water partition coefficient (Wildman–Crippen LogP) is 3.83. The quantitative estimate of drug-likeness (QED) is 0.583. The van der Waals surface area contributed by atoms with Gasteiger partial charge in [-0.3, -0.25) is 14.2 Å². The number of anilines is 1. The molecule has 0 saturated heterocycles. The Kier molecular flexibility index (Phi) is 5.12. The van der Waals surface area contributed by atoms with E-state index in [2.05, 4.69) is 38.1 Å². The summed E-state index contributed by atoms with van der Waals surface area (Å²) >= 11 is 14.4. The second-order valence-electron chi connectivity index (χ2n) is 5.05. The topological polar surface area (TPSA) is 64.7 Å². The maximum Gasteiger partial charge on any atom is 0.278 e. The van der Waals surface area contributed by atoms with Gasteiger partial charge in [0.15, 0.2) is 11.5 Å². The van der Waals surface area contributed by atoms with E-state index in [9.17, 15) is 4.79 Å². The van der Waals surface area contributed by atoms with E-state index in [0.717, 1.165) is 9.13 Å². The van der Waals surface area contributed by atoms with Crippen molar-refractivity contribution in [1.29, 1.82) is 0 Å². The molecule has 3 rings (SSSR count). The molecule has 0 saturated carbocycles. The highest BCUT2D eigenvalue weighted by atomic mass is 127. The molecule has 0 aliphatic carbocycles. The molecular formula is C15H12Cl2IN5O. The molecule has 6 nitrogen and oxygen atoms in total. The van der Waals surface area contributed by atoms with Crippen molar-refractivity contribution in [2.45, 2.75) is 6.54 Å². The van der Waals surface area contributed by atoms with E-state index in [0.29, 0.717) is 28.1 Å². The van der Waals surface area contributed by atoms with Crippen molar-refractivity contribution < 1.29 is 4.79 Å². The molecule has 0 atom stereocenters. The first-order chi connectivity index (χ1) is 11.4. The van der Waals surface area contributed by atoms with Crippen LogP contribution in [0.4, 0.5) is 5.82 Å². The van der Waals surface area contributed by atoms with Crippen LogP contribution in [0.2, 0.25) is 10.0 Å². The molecule has 124 valence electrons. The fourth-order valence-corrected chi connectivity index (χ4v) is 3.42. The Morgan fingerprint density at radius 1 is 1.25 bits per heavy atom. The smallest absolute Gasteiger partial charge is 0.278 e. The number of aromatic nitrogens is 4. The number of benzene rings is 1. The molecule has 2 heterocycles. The zero-order valence-corrected chi connectivity index (χ0v) is 16.2. The number of hydrogen-bond acceptors (Lipinski definition) is 3. The van der Waals surface area contributed by atoms with Crippen LogP contribution >= 0.6 is 45.8 Å². The Bertz CT molecular complexity index is 885. The van der Waals surface area contributed by atoms with Crippen LogP contribution in [0.1, 0.15) is 16.1 Å². The maximum absolute atomic E-state index is 12.2. The molecule has 0 aliphatic rings. The Morgan fingerprint density at radius 2 is 1.96 bits per heavy atom. The minimum atomic E-state index is -0.305. The van der Waals surface area contributed by atoms with E-state index in [1.807, 2.05) is 0 Å². The zero-order chi connectivity index (χ0) is 17.3. The summed E-state index contributed by atoms with van der Waals surface area (Å²) in [7, 11) is 1.76. The molecule has 0 fully saturated rings. The highest BCUT2D eigenvalue weighted by Crippen LogP contribution is 2.25. The average molecular weight is 476 g/mol. The van der Waals surface area contributed by atoms with Gasteiger partial charge in [-0.05, 0) is 34.7 Å². The van der Waals surface area contributed by atoms with Crippen LogP contribution in [-0.4, -0.2) is 25.5 Å². The first-order valence-electron chi connectivity index (χ1n) is 6.91. The second-order valence-corrected chi connectivity index (χ2v) is 7.03.